The molecule has 3 aromatic heterocycles. The zero-order valence-corrected chi connectivity index (χ0v) is 14.8. The van der Waals surface area contributed by atoms with E-state index in [1.807, 2.05) is 18.2 Å². The quantitative estimate of drug-likeness (QED) is 0.674. The van der Waals surface area contributed by atoms with Crippen molar-refractivity contribution < 1.29 is 9.53 Å². The molecule has 0 aromatic carbocycles. The van der Waals surface area contributed by atoms with Crippen molar-refractivity contribution >= 4 is 23.3 Å². The predicted molar refractivity (Wildman–Crippen MR) is 101 cm³/mol. The molecule has 0 bridgehead atoms. The second-order valence-electron chi connectivity index (χ2n) is 6.19. The third-order valence-corrected chi connectivity index (χ3v) is 4.35. The number of hydrogen-bond acceptors (Lipinski definition) is 7. The van der Waals surface area contributed by atoms with E-state index in [4.69, 9.17) is 4.74 Å². The van der Waals surface area contributed by atoms with E-state index in [1.54, 1.807) is 22.8 Å². The van der Waals surface area contributed by atoms with E-state index in [0.717, 1.165) is 45.2 Å². The molecule has 1 aliphatic heterocycles. The predicted octanol–water partition coefficient (Wildman–Crippen LogP) is 1.12. The van der Waals surface area contributed by atoms with Crippen LogP contribution in [0.15, 0.2) is 42.7 Å². The highest BCUT2D eigenvalue weighted by atomic mass is 16.5. The molecule has 1 fully saturated rings. The van der Waals surface area contributed by atoms with Gasteiger partial charge in [-0.15, -0.1) is 5.10 Å². The van der Waals surface area contributed by atoms with Gasteiger partial charge in [-0.2, -0.15) is 9.50 Å². The molecule has 9 heteroatoms. The van der Waals surface area contributed by atoms with Gasteiger partial charge >= 0.3 is 0 Å². The first kappa shape index (κ1) is 17.4. The Morgan fingerprint density at radius 1 is 1.19 bits per heavy atom. The number of carbonyl (C=O) groups is 1. The van der Waals surface area contributed by atoms with E-state index >= 15 is 0 Å². The summed E-state index contributed by atoms with van der Waals surface area (Å²) in [7, 11) is 0. The number of anilines is 2. The lowest BCUT2D eigenvalue weighted by Gasteiger charge is -2.26. The van der Waals surface area contributed by atoms with E-state index in [1.165, 1.54) is 6.20 Å². The van der Waals surface area contributed by atoms with Crippen molar-refractivity contribution in [2.24, 2.45) is 0 Å². The number of nitrogens with zero attached hydrogens (tertiary/aromatic N) is 5. The SMILES string of the molecule is O=C(Nc1nc2cccc(NCCN3CCOCC3)n2n1)c1cccnc1. The fourth-order valence-electron chi connectivity index (χ4n) is 2.93. The monoisotopic (exact) mass is 367 g/mol. The molecule has 4 rings (SSSR count). The van der Waals surface area contributed by atoms with Crippen molar-refractivity contribution in [3.05, 3.63) is 48.3 Å². The van der Waals surface area contributed by atoms with E-state index in [0.29, 0.717) is 11.2 Å². The number of carbonyl (C=O) groups excluding carboxylic acids is 1. The Balaban J connectivity index is 1.42. The fourth-order valence-corrected chi connectivity index (χ4v) is 2.93. The molecule has 9 nitrogen and oxygen atoms in total. The van der Waals surface area contributed by atoms with Crippen molar-refractivity contribution in [3.63, 3.8) is 0 Å². The summed E-state index contributed by atoms with van der Waals surface area (Å²) in [5.74, 6) is 0.794. The van der Waals surface area contributed by atoms with Crippen molar-refractivity contribution in [2.75, 3.05) is 50.0 Å². The van der Waals surface area contributed by atoms with E-state index in [9.17, 15) is 4.79 Å². The first-order valence-corrected chi connectivity index (χ1v) is 8.91. The van der Waals surface area contributed by atoms with Gasteiger partial charge in [0.25, 0.3) is 5.91 Å². The van der Waals surface area contributed by atoms with Crippen LogP contribution in [0, 0.1) is 0 Å². The number of ether oxygens (including phenoxy) is 1. The van der Waals surface area contributed by atoms with Gasteiger partial charge in [-0.3, -0.25) is 20.0 Å². The molecule has 3 aromatic rings. The Hall–Kier alpha value is -3.04. The Morgan fingerprint density at radius 3 is 2.89 bits per heavy atom. The summed E-state index contributed by atoms with van der Waals surface area (Å²) in [4.78, 5) is 22.9. The molecule has 1 aliphatic rings. The van der Waals surface area contributed by atoms with E-state index in [2.05, 4.69) is 30.6 Å². The molecule has 1 amide bonds. The number of aromatic nitrogens is 4. The average Bonchev–Trinajstić information content (AvgIpc) is 3.13. The van der Waals surface area contributed by atoms with Gasteiger partial charge in [0.15, 0.2) is 5.65 Å². The van der Waals surface area contributed by atoms with Crippen molar-refractivity contribution in [3.8, 4) is 0 Å². The second kappa shape index (κ2) is 8.11. The van der Waals surface area contributed by atoms with Gasteiger partial charge in [0.2, 0.25) is 5.95 Å². The number of hydrogen-bond donors (Lipinski definition) is 2. The minimum atomic E-state index is -0.291. The molecule has 0 radical (unpaired) electrons. The maximum atomic E-state index is 12.3. The third kappa shape index (κ3) is 4.21. The first-order valence-electron chi connectivity index (χ1n) is 8.91. The number of morpholine rings is 1. The van der Waals surface area contributed by atoms with Gasteiger partial charge in [-0.05, 0) is 24.3 Å². The van der Waals surface area contributed by atoms with Crippen LogP contribution in [0.4, 0.5) is 11.8 Å². The topological polar surface area (TPSA) is 96.7 Å². The van der Waals surface area contributed by atoms with Crippen LogP contribution in [-0.4, -0.2) is 69.8 Å². The molecule has 4 heterocycles. The number of nitrogens with one attached hydrogen (secondary N) is 2. The summed E-state index contributed by atoms with van der Waals surface area (Å²) in [5.41, 5.74) is 1.12. The Kier molecular flexibility index (Phi) is 5.22. The molecular formula is C18H21N7O2. The smallest absolute Gasteiger partial charge is 0.259 e. The van der Waals surface area contributed by atoms with Crippen LogP contribution in [0.25, 0.3) is 5.65 Å². The van der Waals surface area contributed by atoms with Crippen LogP contribution >= 0.6 is 0 Å². The summed E-state index contributed by atoms with van der Waals surface area (Å²) < 4.78 is 7.06. The van der Waals surface area contributed by atoms with Crippen LogP contribution in [0.3, 0.4) is 0 Å². The molecule has 140 valence electrons. The van der Waals surface area contributed by atoms with Crippen LogP contribution < -0.4 is 10.6 Å². The largest absolute Gasteiger partial charge is 0.379 e. The maximum absolute atomic E-state index is 12.3. The highest BCUT2D eigenvalue weighted by molar-refractivity contribution is 6.03. The molecule has 27 heavy (non-hydrogen) atoms. The summed E-state index contributed by atoms with van der Waals surface area (Å²) in [5, 5.41) is 10.5. The molecule has 0 saturated carbocycles. The lowest BCUT2D eigenvalue weighted by molar-refractivity contribution is 0.0398. The summed E-state index contributed by atoms with van der Waals surface area (Å²) >= 11 is 0. The van der Waals surface area contributed by atoms with Crippen molar-refractivity contribution in [2.45, 2.75) is 0 Å². The highest BCUT2D eigenvalue weighted by Gasteiger charge is 2.13. The number of rotatable bonds is 6. The van der Waals surface area contributed by atoms with Crippen LogP contribution in [-0.2, 0) is 4.74 Å². The Labute approximate surface area is 156 Å². The Morgan fingerprint density at radius 2 is 2.07 bits per heavy atom. The summed E-state index contributed by atoms with van der Waals surface area (Å²) in [6, 6.07) is 9.10. The van der Waals surface area contributed by atoms with Crippen LogP contribution in [0.1, 0.15) is 10.4 Å². The molecule has 0 aliphatic carbocycles. The lowest BCUT2D eigenvalue weighted by atomic mass is 10.3. The normalized spacial score (nSPS) is 15.0. The van der Waals surface area contributed by atoms with Crippen LogP contribution in [0.5, 0.6) is 0 Å². The molecule has 0 unspecified atom stereocenters. The molecular weight excluding hydrogens is 346 g/mol. The average molecular weight is 367 g/mol. The van der Waals surface area contributed by atoms with Gasteiger partial charge in [0.1, 0.15) is 5.82 Å². The number of fused-ring (bicyclic) bond motifs is 1. The number of amides is 1. The zero-order valence-electron chi connectivity index (χ0n) is 14.8. The first-order chi connectivity index (χ1) is 13.3. The van der Waals surface area contributed by atoms with E-state index in [-0.39, 0.29) is 11.9 Å². The lowest BCUT2D eigenvalue weighted by Crippen LogP contribution is -2.39. The zero-order chi connectivity index (χ0) is 18.5. The number of pyridine rings is 2. The summed E-state index contributed by atoms with van der Waals surface area (Å²) in [6.45, 7) is 5.21. The second-order valence-corrected chi connectivity index (χ2v) is 6.19. The van der Waals surface area contributed by atoms with Gasteiger partial charge in [-0.25, -0.2) is 0 Å². The van der Waals surface area contributed by atoms with E-state index < -0.39 is 0 Å². The standard InChI is InChI=1S/C18H21N7O2/c26-17(14-3-2-6-19-13-14)22-18-21-16-5-1-4-15(25(16)23-18)20-7-8-24-9-11-27-12-10-24/h1-6,13,20H,7-12H2,(H,22,23,26). The van der Waals surface area contributed by atoms with Gasteiger partial charge in [-0.1, -0.05) is 6.07 Å². The maximum Gasteiger partial charge on any atom is 0.259 e. The molecule has 1 saturated heterocycles. The van der Waals surface area contributed by atoms with Gasteiger partial charge in [0.05, 0.1) is 18.8 Å². The van der Waals surface area contributed by atoms with Gasteiger partial charge in [0, 0.05) is 38.6 Å². The minimum Gasteiger partial charge on any atom is -0.379 e. The van der Waals surface area contributed by atoms with Crippen LogP contribution in [0.2, 0.25) is 0 Å². The highest BCUT2D eigenvalue weighted by Crippen LogP contribution is 2.13. The molecule has 0 spiro atoms. The third-order valence-electron chi connectivity index (χ3n) is 4.35. The summed E-state index contributed by atoms with van der Waals surface area (Å²) in [6.07, 6.45) is 3.12. The van der Waals surface area contributed by atoms with Crippen molar-refractivity contribution in [1.82, 2.24) is 24.5 Å². The fraction of sp³-hybridized carbons (Fsp3) is 0.333. The molecule has 0 atom stereocenters. The van der Waals surface area contributed by atoms with Crippen molar-refractivity contribution in [1.29, 1.82) is 0 Å². The minimum absolute atomic E-state index is 0.256. The molecule has 2 N–H and O–H groups in total. The van der Waals surface area contributed by atoms with Gasteiger partial charge < -0.3 is 10.1 Å². The Bertz CT molecular complexity index is 906.